The number of carbonyl (C=O) groups is 2. The molecule has 6 heteroatoms. The highest BCUT2D eigenvalue weighted by atomic mass is 16.6. The maximum atomic E-state index is 12.8. The van der Waals surface area contributed by atoms with E-state index >= 15 is 0 Å². The van der Waals surface area contributed by atoms with E-state index in [4.69, 9.17) is 9.47 Å². The number of amides is 2. The van der Waals surface area contributed by atoms with Crippen molar-refractivity contribution in [2.45, 2.75) is 97.8 Å². The molecule has 3 aromatic rings. The Bertz CT molecular complexity index is 1240. The van der Waals surface area contributed by atoms with E-state index in [2.05, 4.69) is 24.5 Å². The van der Waals surface area contributed by atoms with Crippen molar-refractivity contribution >= 4 is 23.6 Å². The van der Waals surface area contributed by atoms with E-state index in [0.29, 0.717) is 22.9 Å². The van der Waals surface area contributed by atoms with Gasteiger partial charge in [0.2, 0.25) is 0 Å². The molecule has 3 aromatic carbocycles. The minimum absolute atomic E-state index is 0.514. The first kappa shape index (κ1) is 31.7. The maximum absolute atomic E-state index is 12.8. The Morgan fingerprint density at radius 1 is 0.610 bits per heavy atom. The van der Waals surface area contributed by atoms with Crippen molar-refractivity contribution in [3.8, 4) is 11.5 Å². The van der Waals surface area contributed by atoms with Crippen molar-refractivity contribution in [3.63, 3.8) is 0 Å². The van der Waals surface area contributed by atoms with E-state index in [9.17, 15) is 9.59 Å². The van der Waals surface area contributed by atoms with E-state index < -0.39 is 12.2 Å². The Morgan fingerprint density at radius 2 is 1.10 bits per heavy atom. The number of para-hydroxylation sites is 2. The highest BCUT2D eigenvalue weighted by Crippen LogP contribution is 2.25. The van der Waals surface area contributed by atoms with Crippen LogP contribution in [0.5, 0.6) is 11.5 Å². The van der Waals surface area contributed by atoms with E-state index in [1.165, 1.54) is 51.4 Å². The van der Waals surface area contributed by atoms with Crippen molar-refractivity contribution in [1.29, 1.82) is 0 Å². The van der Waals surface area contributed by atoms with Crippen molar-refractivity contribution in [2.75, 3.05) is 10.6 Å². The van der Waals surface area contributed by atoms with Crippen LogP contribution in [-0.2, 0) is 12.8 Å². The molecule has 0 atom stereocenters. The summed E-state index contributed by atoms with van der Waals surface area (Å²) >= 11 is 0. The first-order valence-corrected chi connectivity index (χ1v) is 15.2. The highest BCUT2D eigenvalue weighted by molar-refractivity contribution is 5.91. The van der Waals surface area contributed by atoms with Crippen molar-refractivity contribution in [2.24, 2.45) is 0 Å². The molecule has 0 bridgehead atoms. The summed E-state index contributed by atoms with van der Waals surface area (Å²) in [5, 5.41) is 5.61. The van der Waals surface area contributed by atoms with Gasteiger partial charge in [-0.3, -0.25) is 10.6 Å². The molecule has 2 amide bonds. The largest absolute Gasteiger partial charge is 0.417 e. The quantitative estimate of drug-likeness (QED) is 0.171. The molecule has 0 aliphatic carbocycles. The van der Waals surface area contributed by atoms with Gasteiger partial charge in [-0.15, -0.1) is 0 Å². The predicted octanol–water partition coefficient (Wildman–Crippen LogP) is 10.2. The van der Waals surface area contributed by atoms with Crippen LogP contribution in [-0.4, -0.2) is 12.2 Å². The molecule has 0 unspecified atom stereocenters. The number of anilines is 2. The zero-order valence-corrected chi connectivity index (χ0v) is 25.0. The average Bonchev–Trinajstić information content (AvgIpc) is 2.96. The van der Waals surface area contributed by atoms with Crippen molar-refractivity contribution in [1.82, 2.24) is 0 Å². The minimum Gasteiger partial charge on any atom is -0.410 e. The van der Waals surface area contributed by atoms with Crippen LogP contribution in [0.15, 0.2) is 66.7 Å². The Balaban J connectivity index is 1.56. The number of aryl methyl sites for hydroxylation is 3. The van der Waals surface area contributed by atoms with Crippen LogP contribution in [0, 0.1) is 6.92 Å². The summed E-state index contributed by atoms with van der Waals surface area (Å²) in [6.45, 7) is 6.30. The topological polar surface area (TPSA) is 76.7 Å². The summed E-state index contributed by atoms with van der Waals surface area (Å²) in [7, 11) is 0. The molecule has 3 rings (SSSR count). The molecular weight excluding hydrogens is 512 g/mol. The van der Waals surface area contributed by atoms with Gasteiger partial charge in [-0.2, -0.15) is 0 Å². The van der Waals surface area contributed by atoms with Crippen LogP contribution in [0.4, 0.5) is 21.0 Å². The van der Waals surface area contributed by atoms with Gasteiger partial charge in [0.25, 0.3) is 0 Å². The number of hydrogen-bond donors (Lipinski definition) is 2. The van der Waals surface area contributed by atoms with Crippen LogP contribution in [0.25, 0.3) is 0 Å². The van der Waals surface area contributed by atoms with Gasteiger partial charge in [-0.1, -0.05) is 108 Å². The van der Waals surface area contributed by atoms with Crippen molar-refractivity contribution in [3.05, 3.63) is 83.4 Å². The van der Waals surface area contributed by atoms with Gasteiger partial charge in [0, 0.05) is 11.4 Å². The lowest BCUT2D eigenvalue weighted by atomic mass is 10.0. The lowest BCUT2D eigenvalue weighted by molar-refractivity contribution is 0.214. The Kier molecular flexibility index (Phi) is 13.8. The SMILES string of the molecule is CCCCCCCc1ccccc1OC(=O)Nc1ccc(C)c(NC(=O)Oc2ccccc2CCCCCCC)c1. The third-order valence-electron chi connectivity index (χ3n) is 7.17. The fraction of sp³-hybridized carbons (Fsp3) is 0.429. The molecule has 41 heavy (non-hydrogen) atoms. The number of unbranched alkanes of at least 4 members (excludes halogenated alkanes) is 8. The third kappa shape index (κ3) is 11.3. The zero-order chi connectivity index (χ0) is 29.3. The zero-order valence-electron chi connectivity index (χ0n) is 25.0. The van der Waals surface area contributed by atoms with Crippen molar-refractivity contribution < 1.29 is 19.1 Å². The highest BCUT2D eigenvalue weighted by Gasteiger charge is 2.13. The van der Waals surface area contributed by atoms with Crippen LogP contribution in [0.2, 0.25) is 0 Å². The van der Waals surface area contributed by atoms with Gasteiger partial charge in [0.15, 0.2) is 0 Å². The summed E-state index contributed by atoms with van der Waals surface area (Å²) in [6.07, 6.45) is 12.4. The molecule has 0 aromatic heterocycles. The first-order chi connectivity index (χ1) is 20.0. The predicted molar refractivity (Wildman–Crippen MR) is 168 cm³/mol. The molecule has 0 saturated carbocycles. The summed E-state index contributed by atoms with van der Waals surface area (Å²) in [5.41, 5.74) is 3.96. The van der Waals surface area contributed by atoms with E-state index in [1.54, 1.807) is 12.1 Å². The molecular formula is C35H46N2O4. The minimum atomic E-state index is -0.575. The molecule has 0 heterocycles. The second-order valence-electron chi connectivity index (χ2n) is 10.6. The van der Waals surface area contributed by atoms with Gasteiger partial charge < -0.3 is 9.47 Å². The first-order valence-electron chi connectivity index (χ1n) is 15.2. The molecule has 0 radical (unpaired) electrons. The van der Waals surface area contributed by atoms with Gasteiger partial charge >= 0.3 is 12.2 Å². The normalized spacial score (nSPS) is 10.7. The van der Waals surface area contributed by atoms with E-state index in [-0.39, 0.29) is 0 Å². The molecule has 0 aliphatic rings. The number of ether oxygens (including phenoxy) is 2. The smallest absolute Gasteiger partial charge is 0.410 e. The third-order valence-corrected chi connectivity index (χ3v) is 7.17. The van der Waals surface area contributed by atoms with Crippen LogP contribution >= 0.6 is 0 Å². The summed E-state index contributed by atoms with van der Waals surface area (Å²) < 4.78 is 11.4. The van der Waals surface area contributed by atoms with Crippen LogP contribution in [0.1, 0.15) is 94.7 Å². The van der Waals surface area contributed by atoms with Gasteiger partial charge in [0.05, 0.1) is 0 Å². The van der Waals surface area contributed by atoms with Gasteiger partial charge in [-0.05, 0) is 73.6 Å². The number of hydrogen-bond acceptors (Lipinski definition) is 4. The van der Waals surface area contributed by atoms with Gasteiger partial charge in [0.1, 0.15) is 11.5 Å². The van der Waals surface area contributed by atoms with E-state index in [1.807, 2.05) is 61.5 Å². The number of rotatable bonds is 16. The van der Waals surface area contributed by atoms with Gasteiger partial charge in [-0.25, -0.2) is 9.59 Å². The lowest BCUT2D eigenvalue weighted by Crippen LogP contribution is -2.19. The summed E-state index contributed by atoms with van der Waals surface area (Å²) in [5.74, 6) is 1.14. The Labute approximate surface area is 245 Å². The molecule has 6 nitrogen and oxygen atoms in total. The number of benzene rings is 3. The summed E-state index contributed by atoms with van der Waals surface area (Å²) in [6, 6.07) is 20.7. The van der Waals surface area contributed by atoms with E-state index in [0.717, 1.165) is 42.4 Å². The molecule has 2 N–H and O–H groups in total. The molecule has 0 saturated heterocycles. The second-order valence-corrected chi connectivity index (χ2v) is 10.6. The average molecular weight is 559 g/mol. The Morgan fingerprint density at radius 3 is 1.63 bits per heavy atom. The standard InChI is InChI=1S/C35H46N2O4/c1-4-6-8-10-12-18-28-20-14-16-22-32(28)40-34(38)36-30-25-24-27(3)31(26-30)37-35(39)41-33-23-17-15-21-29(33)19-13-11-9-7-5-2/h14-17,20-26H,4-13,18-19H2,1-3H3,(H,36,38)(H,37,39). The Hall–Kier alpha value is -3.80. The van der Waals surface area contributed by atoms with Crippen LogP contribution in [0.3, 0.4) is 0 Å². The maximum Gasteiger partial charge on any atom is 0.417 e. The second kappa shape index (κ2) is 17.8. The molecule has 220 valence electrons. The molecule has 0 aliphatic heterocycles. The summed E-state index contributed by atoms with van der Waals surface area (Å²) in [4.78, 5) is 25.6. The fourth-order valence-electron chi connectivity index (χ4n) is 4.77. The number of nitrogens with one attached hydrogen (secondary N) is 2. The fourth-order valence-corrected chi connectivity index (χ4v) is 4.77. The lowest BCUT2D eigenvalue weighted by Gasteiger charge is -2.14. The molecule has 0 spiro atoms. The van der Waals surface area contributed by atoms with Crippen LogP contribution < -0.4 is 20.1 Å². The number of carbonyl (C=O) groups excluding carboxylic acids is 2. The monoisotopic (exact) mass is 558 g/mol. The molecule has 0 fully saturated rings.